The lowest BCUT2D eigenvalue weighted by Gasteiger charge is -2.36. The van der Waals surface area contributed by atoms with Crippen molar-refractivity contribution in [2.24, 2.45) is 0 Å². The maximum Gasteiger partial charge on any atom is 0.394 e. The number of nitrogens with zero attached hydrogens (tertiary/aromatic N) is 2. The van der Waals surface area contributed by atoms with Gasteiger partial charge in [0.25, 0.3) is 0 Å². The van der Waals surface area contributed by atoms with Crippen molar-refractivity contribution in [3.8, 4) is 5.75 Å². The Balaban J connectivity index is 0.000000623. The molecule has 1 fully saturated rings. The van der Waals surface area contributed by atoms with E-state index in [0.29, 0.717) is 23.1 Å². The van der Waals surface area contributed by atoms with E-state index in [0.717, 1.165) is 69.1 Å². The van der Waals surface area contributed by atoms with E-state index in [1.807, 2.05) is 30.3 Å². The summed E-state index contributed by atoms with van der Waals surface area (Å²) < 4.78 is 37.5. The average Bonchev–Trinajstić information content (AvgIpc) is 2.80. The molecule has 3 N–H and O–H groups in total. The number of anilines is 2. The van der Waals surface area contributed by atoms with Gasteiger partial charge in [-0.05, 0) is 49.6 Å². The number of carbonyl (C=O) groups excluding carboxylic acids is 1. The summed E-state index contributed by atoms with van der Waals surface area (Å²) in [5.41, 5.74) is 3.10. The van der Waals surface area contributed by atoms with Crippen molar-refractivity contribution in [1.82, 2.24) is 4.90 Å². The van der Waals surface area contributed by atoms with E-state index >= 15 is 0 Å². The van der Waals surface area contributed by atoms with Crippen LogP contribution >= 0.6 is 23.2 Å². The van der Waals surface area contributed by atoms with Gasteiger partial charge in [0, 0.05) is 44.4 Å². The summed E-state index contributed by atoms with van der Waals surface area (Å²) in [4.78, 5) is 16.3. The molecule has 2 heterocycles. The van der Waals surface area contributed by atoms with Gasteiger partial charge in [-0.25, -0.2) is 0 Å². The monoisotopic (exact) mass is 545 g/mol. The molecule has 192 valence electrons. The van der Waals surface area contributed by atoms with Crippen molar-refractivity contribution < 1.29 is 27.1 Å². The SMILES string of the molecule is O=C1CCc2ccc(OCCCCN3CCN(c4cccc(Cl)c4Cl)CC3)cc2N1.O=S(=O)(O)O. The first-order chi connectivity index (χ1) is 16.6. The summed E-state index contributed by atoms with van der Waals surface area (Å²) in [5, 5.41) is 4.18. The molecular weight excluding hydrogens is 517 g/mol. The number of fused-ring (bicyclic) bond motifs is 1. The van der Waals surface area contributed by atoms with Crippen molar-refractivity contribution in [2.75, 3.05) is 49.5 Å². The van der Waals surface area contributed by atoms with Crippen molar-refractivity contribution in [1.29, 1.82) is 0 Å². The number of benzene rings is 2. The molecule has 0 spiro atoms. The van der Waals surface area contributed by atoms with Gasteiger partial charge in [0.05, 0.1) is 22.3 Å². The normalized spacial score (nSPS) is 16.1. The molecule has 35 heavy (non-hydrogen) atoms. The molecule has 0 atom stereocenters. The second-order valence-corrected chi connectivity index (χ2v) is 9.95. The zero-order valence-corrected chi connectivity index (χ0v) is 21.4. The van der Waals surface area contributed by atoms with E-state index < -0.39 is 10.4 Å². The largest absolute Gasteiger partial charge is 0.494 e. The van der Waals surface area contributed by atoms with Crippen LogP contribution in [-0.2, 0) is 21.6 Å². The van der Waals surface area contributed by atoms with Crippen LogP contribution in [0.1, 0.15) is 24.8 Å². The first-order valence-electron chi connectivity index (χ1n) is 11.3. The molecule has 2 aliphatic rings. The molecule has 4 rings (SSSR count). The van der Waals surface area contributed by atoms with Gasteiger partial charge >= 0.3 is 10.4 Å². The molecule has 2 aromatic carbocycles. The highest BCUT2D eigenvalue weighted by Crippen LogP contribution is 2.33. The number of unbranched alkanes of at least 4 members (excludes halogenated alkanes) is 1. The van der Waals surface area contributed by atoms with Crippen LogP contribution in [0.3, 0.4) is 0 Å². The third kappa shape index (κ3) is 9.14. The fraction of sp³-hybridized carbons (Fsp3) is 0.435. The zero-order valence-electron chi connectivity index (χ0n) is 19.1. The molecule has 2 aromatic rings. The minimum Gasteiger partial charge on any atom is -0.494 e. The van der Waals surface area contributed by atoms with Crippen molar-refractivity contribution in [3.05, 3.63) is 52.0 Å². The highest BCUT2D eigenvalue weighted by molar-refractivity contribution is 7.79. The molecule has 1 amide bonds. The van der Waals surface area contributed by atoms with Crippen LogP contribution in [-0.4, -0.2) is 67.7 Å². The number of nitrogens with one attached hydrogen (secondary N) is 1. The third-order valence-corrected chi connectivity index (χ3v) is 6.57. The number of hydrogen-bond acceptors (Lipinski definition) is 6. The third-order valence-electron chi connectivity index (χ3n) is 5.76. The number of aryl methyl sites for hydroxylation is 1. The first-order valence-corrected chi connectivity index (χ1v) is 13.4. The van der Waals surface area contributed by atoms with E-state index in [1.54, 1.807) is 0 Å². The molecule has 0 bridgehead atoms. The molecule has 12 heteroatoms. The fourth-order valence-electron chi connectivity index (χ4n) is 4.02. The minimum atomic E-state index is -4.67. The van der Waals surface area contributed by atoms with Gasteiger partial charge in [-0.1, -0.05) is 35.3 Å². The van der Waals surface area contributed by atoms with E-state index in [9.17, 15) is 4.79 Å². The number of rotatable bonds is 7. The van der Waals surface area contributed by atoms with Gasteiger partial charge < -0.3 is 15.0 Å². The summed E-state index contributed by atoms with van der Waals surface area (Å²) >= 11 is 12.5. The lowest BCUT2D eigenvalue weighted by Crippen LogP contribution is -2.46. The van der Waals surface area contributed by atoms with Crippen LogP contribution in [0.15, 0.2) is 36.4 Å². The van der Waals surface area contributed by atoms with Crippen LogP contribution in [0.2, 0.25) is 10.0 Å². The first kappa shape index (κ1) is 27.5. The summed E-state index contributed by atoms with van der Waals surface area (Å²) in [6.07, 6.45) is 3.47. The van der Waals surface area contributed by atoms with E-state index in [1.165, 1.54) is 5.56 Å². The quantitative estimate of drug-likeness (QED) is 0.349. The molecule has 0 aliphatic carbocycles. The number of amides is 1. The van der Waals surface area contributed by atoms with Crippen LogP contribution in [0.4, 0.5) is 11.4 Å². The topological polar surface area (TPSA) is 119 Å². The van der Waals surface area contributed by atoms with Crippen LogP contribution in [0.25, 0.3) is 0 Å². The summed E-state index contributed by atoms with van der Waals surface area (Å²) in [6, 6.07) is 11.8. The standard InChI is InChI=1S/C23H27Cl2N3O2.H2O4S/c24-19-4-3-5-21(23(19)25)28-13-11-27(12-14-28)10-1-2-15-30-18-8-6-17-7-9-22(29)26-20(17)16-18;1-5(2,3)4/h3-6,8,16H,1-2,7,9-15H2,(H,26,29);(H2,1,2,3,4). The van der Waals surface area contributed by atoms with E-state index in [-0.39, 0.29) is 5.91 Å². The highest BCUT2D eigenvalue weighted by atomic mass is 35.5. The van der Waals surface area contributed by atoms with Gasteiger partial charge in [-0.3, -0.25) is 18.8 Å². The smallest absolute Gasteiger partial charge is 0.394 e. The lowest BCUT2D eigenvalue weighted by atomic mass is 10.0. The summed E-state index contributed by atoms with van der Waals surface area (Å²) in [5.74, 6) is 0.903. The predicted molar refractivity (Wildman–Crippen MR) is 137 cm³/mol. The van der Waals surface area contributed by atoms with Crippen LogP contribution < -0.4 is 15.0 Å². The zero-order chi connectivity index (χ0) is 25.4. The number of halogens is 2. The minimum absolute atomic E-state index is 0.0809. The second kappa shape index (κ2) is 12.8. The van der Waals surface area contributed by atoms with Crippen molar-refractivity contribution in [2.45, 2.75) is 25.7 Å². The highest BCUT2D eigenvalue weighted by Gasteiger charge is 2.19. The Morgan fingerprint density at radius 1 is 1.00 bits per heavy atom. The number of piperazine rings is 1. The molecule has 0 unspecified atom stereocenters. The Morgan fingerprint density at radius 2 is 1.71 bits per heavy atom. The van der Waals surface area contributed by atoms with Gasteiger partial charge in [0.15, 0.2) is 0 Å². The van der Waals surface area contributed by atoms with Crippen LogP contribution in [0, 0.1) is 0 Å². The Hall–Kier alpha value is -2.08. The molecule has 2 aliphatic heterocycles. The molecular formula is C23H29Cl2N3O6S. The fourth-order valence-corrected chi connectivity index (χ4v) is 4.43. The van der Waals surface area contributed by atoms with E-state index in [4.69, 9.17) is 45.5 Å². The molecule has 0 saturated carbocycles. The van der Waals surface area contributed by atoms with Crippen molar-refractivity contribution in [3.63, 3.8) is 0 Å². The number of carbonyl (C=O) groups is 1. The number of hydrogen-bond donors (Lipinski definition) is 3. The molecule has 9 nitrogen and oxygen atoms in total. The molecule has 0 radical (unpaired) electrons. The molecule has 1 saturated heterocycles. The summed E-state index contributed by atoms with van der Waals surface area (Å²) in [6.45, 7) is 5.71. The van der Waals surface area contributed by atoms with Gasteiger partial charge in [0.1, 0.15) is 5.75 Å². The van der Waals surface area contributed by atoms with Gasteiger partial charge in [0.2, 0.25) is 5.91 Å². The summed E-state index contributed by atoms with van der Waals surface area (Å²) in [7, 11) is -4.67. The van der Waals surface area contributed by atoms with E-state index in [2.05, 4.69) is 21.2 Å². The van der Waals surface area contributed by atoms with Gasteiger partial charge in [-0.2, -0.15) is 8.42 Å². The lowest BCUT2D eigenvalue weighted by molar-refractivity contribution is -0.116. The Labute approximate surface area is 215 Å². The Morgan fingerprint density at radius 3 is 2.43 bits per heavy atom. The predicted octanol–water partition coefficient (Wildman–Crippen LogP) is 4.21. The Kier molecular flexibility index (Phi) is 10.0. The van der Waals surface area contributed by atoms with Gasteiger partial charge in [-0.15, -0.1) is 0 Å². The van der Waals surface area contributed by atoms with Crippen LogP contribution in [0.5, 0.6) is 5.75 Å². The molecule has 0 aromatic heterocycles. The van der Waals surface area contributed by atoms with Crippen molar-refractivity contribution >= 4 is 50.9 Å². The average molecular weight is 546 g/mol. The maximum absolute atomic E-state index is 11.5. The maximum atomic E-state index is 11.5. The second-order valence-electron chi connectivity index (χ2n) is 8.27. The Bertz CT molecular complexity index is 1120. The number of ether oxygens (including phenoxy) is 1.